The molecular formula is C17H21ClN4O2. The largest absolute Gasteiger partial charge is 0.479 e. The third-order valence-electron chi connectivity index (χ3n) is 4.34. The molecule has 1 saturated heterocycles. The lowest BCUT2D eigenvalue weighted by atomic mass is 10.0. The van der Waals surface area contributed by atoms with Crippen LogP contribution in [0.3, 0.4) is 0 Å². The Labute approximate surface area is 146 Å². The molecule has 0 N–H and O–H groups in total. The number of rotatable bonds is 5. The van der Waals surface area contributed by atoms with Gasteiger partial charge >= 0.3 is 0 Å². The van der Waals surface area contributed by atoms with Gasteiger partial charge in [0, 0.05) is 13.1 Å². The number of halogens is 1. The van der Waals surface area contributed by atoms with Crippen molar-refractivity contribution < 1.29 is 9.53 Å². The Hall–Kier alpha value is -2.08. The van der Waals surface area contributed by atoms with Crippen LogP contribution in [-0.2, 0) is 4.79 Å². The molecule has 7 heteroatoms. The first-order valence-corrected chi connectivity index (χ1v) is 8.61. The van der Waals surface area contributed by atoms with E-state index in [0.29, 0.717) is 36.3 Å². The summed E-state index contributed by atoms with van der Waals surface area (Å²) in [5.74, 6) is 0.575. The highest BCUT2D eigenvalue weighted by molar-refractivity contribution is 6.32. The molecule has 1 fully saturated rings. The van der Waals surface area contributed by atoms with Crippen LogP contribution < -0.4 is 4.74 Å². The average molecular weight is 349 g/mol. The Morgan fingerprint density at radius 2 is 2.12 bits per heavy atom. The summed E-state index contributed by atoms with van der Waals surface area (Å²) >= 11 is 6.13. The van der Waals surface area contributed by atoms with Crippen molar-refractivity contribution in [2.45, 2.75) is 38.3 Å². The standard InChI is InChI=1S/C17H21ClN4O2/c1-2-15(24-16-6-4-3-5-14(16)18)17(23)21-9-7-13(8-10-21)22-12-19-11-20-22/h3-6,11-13,15H,2,7-10H2,1H3/t15-/m1/s1. The molecular weight excluding hydrogens is 328 g/mol. The monoisotopic (exact) mass is 348 g/mol. The summed E-state index contributed by atoms with van der Waals surface area (Å²) in [6, 6.07) is 7.54. The topological polar surface area (TPSA) is 60.2 Å². The van der Waals surface area contributed by atoms with E-state index >= 15 is 0 Å². The fraction of sp³-hybridized carbons (Fsp3) is 0.471. The molecule has 1 aliphatic rings. The van der Waals surface area contributed by atoms with E-state index in [1.165, 1.54) is 0 Å². The van der Waals surface area contributed by atoms with E-state index in [2.05, 4.69) is 10.1 Å². The second kappa shape index (κ2) is 7.66. The maximum Gasteiger partial charge on any atom is 0.263 e. The number of benzene rings is 1. The molecule has 3 rings (SSSR count). The van der Waals surface area contributed by atoms with Crippen molar-refractivity contribution >= 4 is 17.5 Å². The van der Waals surface area contributed by atoms with Gasteiger partial charge in [0.05, 0.1) is 11.1 Å². The zero-order valence-electron chi connectivity index (χ0n) is 13.6. The second-order valence-corrected chi connectivity index (χ2v) is 6.28. The van der Waals surface area contributed by atoms with Crippen molar-refractivity contribution in [1.82, 2.24) is 19.7 Å². The molecule has 0 saturated carbocycles. The molecule has 24 heavy (non-hydrogen) atoms. The molecule has 1 atom stereocenters. The number of likely N-dealkylation sites (tertiary alicyclic amines) is 1. The molecule has 0 spiro atoms. The summed E-state index contributed by atoms with van der Waals surface area (Å²) in [6.07, 6.45) is 5.12. The predicted molar refractivity (Wildman–Crippen MR) is 91.0 cm³/mol. The minimum Gasteiger partial charge on any atom is -0.479 e. The Morgan fingerprint density at radius 3 is 2.75 bits per heavy atom. The van der Waals surface area contributed by atoms with Gasteiger partial charge in [-0.3, -0.25) is 4.79 Å². The van der Waals surface area contributed by atoms with E-state index in [1.54, 1.807) is 24.8 Å². The number of ether oxygens (including phenoxy) is 1. The van der Waals surface area contributed by atoms with Crippen LogP contribution in [-0.4, -0.2) is 44.8 Å². The van der Waals surface area contributed by atoms with Crippen LogP contribution in [0.2, 0.25) is 5.02 Å². The van der Waals surface area contributed by atoms with E-state index in [9.17, 15) is 4.79 Å². The van der Waals surface area contributed by atoms with Gasteiger partial charge in [0.1, 0.15) is 18.4 Å². The number of para-hydroxylation sites is 1. The summed E-state index contributed by atoms with van der Waals surface area (Å²) < 4.78 is 7.73. The number of carbonyl (C=O) groups excluding carboxylic acids is 1. The molecule has 2 heterocycles. The van der Waals surface area contributed by atoms with Gasteiger partial charge in [-0.1, -0.05) is 30.7 Å². The summed E-state index contributed by atoms with van der Waals surface area (Å²) in [7, 11) is 0. The first kappa shape index (κ1) is 16.8. The summed E-state index contributed by atoms with van der Waals surface area (Å²) in [5.41, 5.74) is 0. The van der Waals surface area contributed by atoms with Crippen LogP contribution in [0.25, 0.3) is 0 Å². The predicted octanol–water partition coefficient (Wildman–Crippen LogP) is 2.95. The molecule has 0 aliphatic carbocycles. The van der Waals surface area contributed by atoms with E-state index < -0.39 is 6.10 Å². The molecule has 1 amide bonds. The Bertz CT molecular complexity index is 669. The van der Waals surface area contributed by atoms with Gasteiger partial charge in [-0.2, -0.15) is 5.10 Å². The smallest absolute Gasteiger partial charge is 0.263 e. The fourth-order valence-corrected chi connectivity index (χ4v) is 3.14. The van der Waals surface area contributed by atoms with E-state index in [4.69, 9.17) is 16.3 Å². The third-order valence-corrected chi connectivity index (χ3v) is 4.65. The highest BCUT2D eigenvalue weighted by atomic mass is 35.5. The molecule has 1 aromatic carbocycles. The highest BCUT2D eigenvalue weighted by Gasteiger charge is 2.29. The molecule has 6 nitrogen and oxygen atoms in total. The van der Waals surface area contributed by atoms with E-state index in [1.807, 2.05) is 28.6 Å². The van der Waals surface area contributed by atoms with Crippen molar-refractivity contribution in [2.24, 2.45) is 0 Å². The number of hydrogen-bond donors (Lipinski definition) is 0. The average Bonchev–Trinajstić information content (AvgIpc) is 3.15. The second-order valence-electron chi connectivity index (χ2n) is 5.88. The van der Waals surface area contributed by atoms with Crippen LogP contribution >= 0.6 is 11.6 Å². The van der Waals surface area contributed by atoms with Crippen molar-refractivity contribution in [2.75, 3.05) is 13.1 Å². The zero-order valence-corrected chi connectivity index (χ0v) is 14.4. The van der Waals surface area contributed by atoms with Crippen LogP contribution in [0.5, 0.6) is 5.75 Å². The zero-order chi connectivity index (χ0) is 16.9. The lowest BCUT2D eigenvalue weighted by Gasteiger charge is -2.34. The number of nitrogens with zero attached hydrogens (tertiary/aromatic N) is 4. The molecule has 1 aromatic heterocycles. The van der Waals surface area contributed by atoms with Crippen molar-refractivity contribution in [3.63, 3.8) is 0 Å². The van der Waals surface area contributed by atoms with Crippen LogP contribution in [0.15, 0.2) is 36.9 Å². The maximum absolute atomic E-state index is 12.8. The first-order valence-electron chi connectivity index (χ1n) is 8.23. The Morgan fingerprint density at radius 1 is 1.38 bits per heavy atom. The molecule has 0 unspecified atom stereocenters. The van der Waals surface area contributed by atoms with Gasteiger partial charge in [-0.15, -0.1) is 0 Å². The van der Waals surface area contributed by atoms with Gasteiger partial charge in [0.15, 0.2) is 6.10 Å². The van der Waals surface area contributed by atoms with Gasteiger partial charge in [0.2, 0.25) is 0 Å². The molecule has 0 radical (unpaired) electrons. The number of amides is 1. The SMILES string of the molecule is CC[C@@H](Oc1ccccc1Cl)C(=O)N1CCC(n2cncn2)CC1. The van der Waals surface area contributed by atoms with Crippen LogP contribution in [0.4, 0.5) is 0 Å². The van der Waals surface area contributed by atoms with Gasteiger partial charge in [-0.25, -0.2) is 9.67 Å². The minimum atomic E-state index is -0.507. The Balaban J connectivity index is 1.60. The van der Waals surface area contributed by atoms with Crippen molar-refractivity contribution in [3.05, 3.63) is 41.9 Å². The van der Waals surface area contributed by atoms with Crippen LogP contribution in [0, 0.1) is 0 Å². The van der Waals surface area contributed by atoms with E-state index in [-0.39, 0.29) is 5.91 Å². The number of carbonyl (C=O) groups is 1. The summed E-state index contributed by atoms with van der Waals surface area (Å²) in [5, 5.41) is 4.71. The molecule has 1 aliphatic heterocycles. The molecule has 0 bridgehead atoms. The fourth-order valence-electron chi connectivity index (χ4n) is 2.96. The van der Waals surface area contributed by atoms with Gasteiger partial charge in [0.25, 0.3) is 5.91 Å². The Kier molecular flexibility index (Phi) is 5.35. The summed E-state index contributed by atoms with van der Waals surface area (Å²) in [4.78, 5) is 18.6. The van der Waals surface area contributed by atoms with Gasteiger partial charge in [-0.05, 0) is 31.4 Å². The number of piperidine rings is 1. The normalized spacial score (nSPS) is 16.8. The van der Waals surface area contributed by atoms with E-state index in [0.717, 1.165) is 12.8 Å². The van der Waals surface area contributed by atoms with Crippen molar-refractivity contribution in [3.8, 4) is 5.75 Å². The molecule has 2 aromatic rings. The first-order chi connectivity index (χ1) is 11.7. The molecule has 128 valence electrons. The number of aromatic nitrogens is 3. The maximum atomic E-state index is 12.8. The van der Waals surface area contributed by atoms with Crippen molar-refractivity contribution in [1.29, 1.82) is 0 Å². The highest BCUT2D eigenvalue weighted by Crippen LogP contribution is 2.26. The van der Waals surface area contributed by atoms with Gasteiger partial charge < -0.3 is 9.64 Å². The quantitative estimate of drug-likeness (QED) is 0.833. The lowest BCUT2D eigenvalue weighted by molar-refractivity contribution is -0.140. The summed E-state index contributed by atoms with van der Waals surface area (Å²) in [6.45, 7) is 3.35. The lowest BCUT2D eigenvalue weighted by Crippen LogP contribution is -2.46. The third kappa shape index (κ3) is 3.70. The van der Waals surface area contributed by atoms with Crippen LogP contribution in [0.1, 0.15) is 32.2 Å². The minimum absolute atomic E-state index is 0.0226. The number of hydrogen-bond acceptors (Lipinski definition) is 4.